The van der Waals surface area contributed by atoms with Crippen LogP contribution in [0.25, 0.3) is 0 Å². The second-order valence-electron chi connectivity index (χ2n) is 5.43. The molecule has 0 saturated carbocycles. The average molecular weight is 284 g/mol. The van der Waals surface area contributed by atoms with Gasteiger partial charge in [-0.2, -0.15) is 0 Å². The van der Waals surface area contributed by atoms with Gasteiger partial charge in [0.2, 0.25) is 0 Å². The van der Waals surface area contributed by atoms with Gasteiger partial charge in [-0.1, -0.05) is 82.2 Å². The predicted molar refractivity (Wildman–Crippen MR) is 89.5 cm³/mol. The molecular formula is C18H29NaO. The molecule has 0 heterocycles. The SMILES string of the molecule is CCCCCCCCCCC(=O)Cc1ccccc1.[NaH]. The molecule has 1 nitrogen and oxygen atoms in total. The Morgan fingerprint density at radius 1 is 0.850 bits per heavy atom. The van der Waals surface area contributed by atoms with Crippen LogP contribution in [0.15, 0.2) is 30.3 Å². The molecule has 0 atom stereocenters. The summed E-state index contributed by atoms with van der Waals surface area (Å²) in [4.78, 5) is 11.8. The number of carbonyl (C=O) groups is 1. The summed E-state index contributed by atoms with van der Waals surface area (Å²) in [5.41, 5.74) is 1.15. The quantitative estimate of drug-likeness (QED) is 0.426. The number of unbranched alkanes of at least 4 members (excludes halogenated alkanes) is 7. The number of hydrogen-bond donors (Lipinski definition) is 0. The van der Waals surface area contributed by atoms with Gasteiger partial charge in [-0.3, -0.25) is 4.79 Å². The van der Waals surface area contributed by atoms with Gasteiger partial charge in [-0.25, -0.2) is 0 Å². The third kappa shape index (κ3) is 10.7. The molecule has 0 aromatic heterocycles. The van der Waals surface area contributed by atoms with E-state index in [0.29, 0.717) is 12.2 Å². The number of hydrogen-bond acceptors (Lipinski definition) is 1. The van der Waals surface area contributed by atoms with Crippen LogP contribution < -0.4 is 0 Å². The summed E-state index contributed by atoms with van der Waals surface area (Å²) in [6, 6.07) is 10.1. The third-order valence-electron chi connectivity index (χ3n) is 3.55. The molecule has 0 fully saturated rings. The Morgan fingerprint density at radius 3 is 2.00 bits per heavy atom. The Hall–Kier alpha value is -0.110. The van der Waals surface area contributed by atoms with E-state index in [2.05, 4.69) is 6.92 Å². The molecule has 0 bridgehead atoms. The molecule has 0 aliphatic heterocycles. The first-order valence-electron chi connectivity index (χ1n) is 7.88. The molecule has 0 saturated heterocycles. The van der Waals surface area contributed by atoms with Gasteiger partial charge in [-0.05, 0) is 12.0 Å². The first-order chi connectivity index (χ1) is 9.33. The van der Waals surface area contributed by atoms with Crippen LogP contribution in [0.2, 0.25) is 0 Å². The van der Waals surface area contributed by atoms with Gasteiger partial charge < -0.3 is 0 Å². The molecule has 0 spiro atoms. The second kappa shape index (κ2) is 13.9. The summed E-state index contributed by atoms with van der Waals surface area (Å²) in [5.74, 6) is 0.386. The summed E-state index contributed by atoms with van der Waals surface area (Å²) in [6.45, 7) is 2.25. The van der Waals surface area contributed by atoms with E-state index in [-0.39, 0.29) is 29.6 Å². The van der Waals surface area contributed by atoms with E-state index in [9.17, 15) is 4.79 Å². The first-order valence-corrected chi connectivity index (χ1v) is 7.88. The van der Waals surface area contributed by atoms with Crippen LogP contribution in [-0.2, 0) is 11.2 Å². The van der Waals surface area contributed by atoms with E-state index in [1.165, 1.54) is 44.9 Å². The fraction of sp³-hybridized carbons (Fsp3) is 0.611. The van der Waals surface area contributed by atoms with Crippen molar-refractivity contribution in [2.24, 2.45) is 0 Å². The first kappa shape index (κ1) is 19.9. The monoisotopic (exact) mass is 284 g/mol. The Balaban J connectivity index is 0.00000361. The molecule has 2 heteroatoms. The summed E-state index contributed by atoms with van der Waals surface area (Å²) in [6.07, 6.45) is 11.7. The fourth-order valence-corrected chi connectivity index (χ4v) is 2.37. The molecular weight excluding hydrogens is 255 g/mol. The zero-order valence-corrected chi connectivity index (χ0v) is 12.4. The van der Waals surface area contributed by atoms with Crippen molar-refractivity contribution in [1.29, 1.82) is 0 Å². The van der Waals surface area contributed by atoms with Crippen molar-refractivity contribution in [3.8, 4) is 0 Å². The summed E-state index contributed by atoms with van der Waals surface area (Å²) in [5, 5.41) is 0. The molecule has 0 N–H and O–H groups in total. The minimum absolute atomic E-state index is 0. The van der Waals surface area contributed by atoms with Crippen molar-refractivity contribution < 1.29 is 4.79 Å². The predicted octanol–water partition coefficient (Wildman–Crippen LogP) is 4.68. The number of carbonyl (C=O) groups excluding carboxylic acids is 1. The van der Waals surface area contributed by atoms with E-state index in [1.54, 1.807) is 0 Å². The second-order valence-corrected chi connectivity index (χ2v) is 5.43. The minimum atomic E-state index is 0. The molecule has 108 valence electrons. The maximum absolute atomic E-state index is 11.8. The topological polar surface area (TPSA) is 17.1 Å². The average Bonchev–Trinajstić information content (AvgIpc) is 2.43. The maximum atomic E-state index is 11.8. The van der Waals surface area contributed by atoms with E-state index < -0.39 is 0 Å². The van der Waals surface area contributed by atoms with Gasteiger partial charge in [0.05, 0.1) is 0 Å². The zero-order chi connectivity index (χ0) is 13.8. The van der Waals surface area contributed by atoms with Crippen LogP contribution in [0, 0.1) is 0 Å². The standard InChI is InChI=1S/C18H28O.Na.H/c1-2-3-4-5-6-7-8-12-15-18(19)16-17-13-10-9-11-14-17;;/h9-11,13-14H,2-8,12,15-16H2,1H3;;. The molecule has 0 unspecified atom stereocenters. The van der Waals surface area contributed by atoms with Crippen LogP contribution in [-0.4, -0.2) is 35.3 Å². The van der Waals surface area contributed by atoms with E-state index in [1.807, 2.05) is 30.3 Å². The van der Waals surface area contributed by atoms with Crippen LogP contribution in [0.3, 0.4) is 0 Å². The van der Waals surface area contributed by atoms with Gasteiger partial charge in [0.15, 0.2) is 0 Å². The summed E-state index contributed by atoms with van der Waals surface area (Å²) >= 11 is 0. The fourth-order valence-electron chi connectivity index (χ4n) is 2.37. The Kier molecular flexibility index (Phi) is 13.8. The van der Waals surface area contributed by atoms with E-state index in [0.717, 1.165) is 18.4 Å². The number of benzene rings is 1. The van der Waals surface area contributed by atoms with Gasteiger partial charge in [0, 0.05) is 12.8 Å². The molecule has 1 aromatic carbocycles. The van der Waals surface area contributed by atoms with Gasteiger partial charge in [0.1, 0.15) is 5.78 Å². The van der Waals surface area contributed by atoms with Crippen molar-refractivity contribution in [2.75, 3.05) is 0 Å². The van der Waals surface area contributed by atoms with Crippen molar-refractivity contribution in [3.63, 3.8) is 0 Å². The van der Waals surface area contributed by atoms with Crippen molar-refractivity contribution in [2.45, 2.75) is 71.1 Å². The Bertz CT molecular complexity index is 335. The molecule has 20 heavy (non-hydrogen) atoms. The zero-order valence-electron chi connectivity index (χ0n) is 12.4. The van der Waals surface area contributed by atoms with Gasteiger partial charge in [-0.15, -0.1) is 0 Å². The molecule has 0 aliphatic rings. The normalized spacial score (nSPS) is 10.1. The van der Waals surface area contributed by atoms with Crippen LogP contribution in [0.4, 0.5) is 0 Å². The van der Waals surface area contributed by atoms with E-state index in [4.69, 9.17) is 0 Å². The van der Waals surface area contributed by atoms with Gasteiger partial charge in [0.25, 0.3) is 0 Å². The van der Waals surface area contributed by atoms with Gasteiger partial charge >= 0.3 is 29.6 Å². The number of Topliss-reactive ketones (excluding diaryl/α,β-unsaturated/α-hetero) is 1. The van der Waals surface area contributed by atoms with Crippen molar-refractivity contribution in [3.05, 3.63) is 35.9 Å². The Labute approximate surface area is 146 Å². The van der Waals surface area contributed by atoms with Crippen molar-refractivity contribution >= 4 is 35.3 Å². The number of ketones is 1. The van der Waals surface area contributed by atoms with E-state index >= 15 is 0 Å². The summed E-state index contributed by atoms with van der Waals surface area (Å²) in [7, 11) is 0. The molecule has 0 aliphatic carbocycles. The molecule has 0 radical (unpaired) electrons. The van der Waals surface area contributed by atoms with Crippen LogP contribution in [0.1, 0.15) is 70.3 Å². The van der Waals surface area contributed by atoms with Crippen LogP contribution in [0.5, 0.6) is 0 Å². The molecule has 1 aromatic rings. The van der Waals surface area contributed by atoms with Crippen LogP contribution >= 0.6 is 0 Å². The third-order valence-corrected chi connectivity index (χ3v) is 3.55. The molecule has 1 rings (SSSR count). The number of rotatable bonds is 11. The molecule has 0 amide bonds. The Morgan fingerprint density at radius 2 is 1.40 bits per heavy atom. The summed E-state index contributed by atoms with van der Waals surface area (Å²) < 4.78 is 0. The van der Waals surface area contributed by atoms with Crippen molar-refractivity contribution in [1.82, 2.24) is 0 Å².